The zero-order valence-corrected chi connectivity index (χ0v) is 17.9. The van der Waals surface area contributed by atoms with Crippen molar-refractivity contribution in [3.63, 3.8) is 0 Å². The van der Waals surface area contributed by atoms with Crippen molar-refractivity contribution in [2.24, 2.45) is 5.73 Å². The van der Waals surface area contributed by atoms with Crippen LogP contribution < -0.4 is 20.7 Å². The molecule has 162 valence electrons. The molecule has 0 aliphatic carbocycles. The molecule has 0 saturated heterocycles. The lowest BCUT2D eigenvalue weighted by Crippen LogP contribution is -2.26. The van der Waals surface area contributed by atoms with Gasteiger partial charge in [0.25, 0.3) is 5.91 Å². The predicted molar refractivity (Wildman–Crippen MR) is 117 cm³/mol. The quantitative estimate of drug-likeness (QED) is 0.583. The summed E-state index contributed by atoms with van der Waals surface area (Å²) in [6, 6.07) is 10.9. The summed E-state index contributed by atoms with van der Waals surface area (Å²) >= 11 is 0. The molecular formula is C22H25N5O4. The second-order valence-corrected chi connectivity index (χ2v) is 7.65. The summed E-state index contributed by atoms with van der Waals surface area (Å²) in [5.74, 6) is 0.707. The van der Waals surface area contributed by atoms with Gasteiger partial charge in [-0.1, -0.05) is 32.0 Å². The van der Waals surface area contributed by atoms with E-state index in [4.69, 9.17) is 15.0 Å². The average molecular weight is 423 g/mol. The number of ether oxygens (including phenoxy) is 1. The molecular weight excluding hydrogens is 398 g/mol. The van der Waals surface area contributed by atoms with Crippen molar-refractivity contribution in [1.29, 1.82) is 0 Å². The minimum atomic E-state index is -0.677. The number of hydrogen-bond donors (Lipinski definition) is 2. The maximum absolute atomic E-state index is 12.9. The van der Waals surface area contributed by atoms with Gasteiger partial charge in [0.15, 0.2) is 0 Å². The molecule has 31 heavy (non-hydrogen) atoms. The fourth-order valence-corrected chi connectivity index (χ4v) is 2.72. The highest BCUT2D eigenvalue weighted by Crippen LogP contribution is 2.29. The molecule has 0 aliphatic rings. The maximum Gasteiger partial charge on any atom is 0.316 e. The number of primary amides is 1. The van der Waals surface area contributed by atoms with Crippen molar-refractivity contribution in [3.05, 3.63) is 59.9 Å². The van der Waals surface area contributed by atoms with Crippen molar-refractivity contribution in [1.82, 2.24) is 10.1 Å². The molecule has 9 nitrogen and oxygen atoms in total. The number of hydrogen-bond acceptors (Lipinski definition) is 6. The normalized spacial score (nSPS) is 11.1. The lowest BCUT2D eigenvalue weighted by molar-refractivity contribution is 0.0987. The summed E-state index contributed by atoms with van der Waals surface area (Å²) in [6.45, 7) is 6.20. The molecule has 3 rings (SSSR count). The van der Waals surface area contributed by atoms with E-state index in [0.29, 0.717) is 22.9 Å². The SMILES string of the molecule is CCC(C)(C)c1cc(N(C)C(=O)c2ccnc(Oc3cccc(NC(N)=O)c3)c2)on1. The number of carbonyl (C=O) groups is 2. The van der Waals surface area contributed by atoms with Crippen LogP contribution in [0.1, 0.15) is 43.2 Å². The molecule has 0 unspecified atom stereocenters. The average Bonchev–Trinajstić information content (AvgIpc) is 3.24. The predicted octanol–water partition coefficient (Wildman–Crippen LogP) is 4.32. The van der Waals surface area contributed by atoms with Crippen molar-refractivity contribution < 1.29 is 18.8 Å². The summed E-state index contributed by atoms with van der Waals surface area (Å²) in [7, 11) is 1.62. The number of benzene rings is 1. The Labute approximate surface area is 180 Å². The molecule has 3 amide bonds. The standard InChI is InChI=1S/C22H25N5O4/c1-5-22(2,3)17-13-19(31-26-17)27(4)20(28)14-9-10-24-18(11-14)30-16-8-6-7-15(12-16)25-21(23)29/h6-13H,5H2,1-4H3,(H3,23,25,29). The zero-order valence-electron chi connectivity index (χ0n) is 17.9. The lowest BCUT2D eigenvalue weighted by Gasteiger charge is -2.18. The van der Waals surface area contributed by atoms with Gasteiger partial charge < -0.3 is 20.3 Å². The first kappa shape index (κ1) is 21.8. The molecule has 0 aliphatic heterocycles. The first-order valence-corrected chi connectivity index (χ1v) is 9.75. The lowest BCUT2D eigenvalue weighted by atomic mass is 9.87. The third kappa shape index (κ3) is 5.19. The van der Waals surface area contributed by atoms with Crippen LogP contribution in [0.4, 0.5) is 16.4 Å². The summed E-state index contributed by atoms with van der Waals surface area (Å²) in [5.41, 5.74) is 6.61. The Morgan fingerprint density at radius 3 is 2.71 bits per heavy atom. The largest absolute Gasteiger partial charge is 0.439 e. The van der Waals surface area contributed by atoms with Gasteiger partial charge in [-0.3, -0.25) is 9.69 Å². The highest BCUT2D eigenvalue weighted by Gasteiger charge is 2.25. The van der Waals surface area contributed by atoms with Crippen LogP contribution in [0.2, 0.25) is 0 Å². The number of nitrogens with one attached hydrogen (secondary N) is 1. The highest BCUT2D eigenvalue weighted by molar-refractivity contribution is 6.05. The minimum Gasteiger partial charge on any atom is -0.439 e. The first-order valence-electron chi connectivity index (χ1n) is 9.75. The molecule has 0 fully saturated rings. The molecule has 3 N–H and O–H groups in total. The van der Waals surface area contributed by atoms with E-state index in [-0.39, 0.29) is 17.2 Å². The summed E-state index contributed by atoms with van der Waals surface area (Å²) < 4.78 is 11.1. The van der Waals surface area contributed by atoms with Crippen molar-refractivity contribution in [2.75, 3.05) is 17.3 Å². The van der Waals surface area contributed by atoms with Gasteiger partial charge in [0.2, 0.25) is 11.8 Å². The Balaban J connectivity index is 1.77. The fraction of sp³-hybridized carbons (Fsp3) is 0.273. The number of nitrogens with zero attached hydrogens (tertiary/aromatic N) is 3. The maximum atomic E-state index is 12.9. The second-order valence-electron chi connectivity index (χ2n) is 7.65. The van der Waals surface area contributed by atoms with Crippen molar-refractivity contribution >= 4 is 23.5 Å². The van der Waals surface area contributed by atoms with Gasteiger partial charge in [0, 0.05) is 48.1 Å². The van der Waals surface area contributed by atoms with E-state index in [0.717, 1.165) is 12.1 Å². The van der Waals surface area contributed by atoms with E-state index in [1.807, 2.05) is 0 Å². The van der Waals surface area contributed by atoms with Gasteiger partial charge in [-0.15, -0.1) is 0 Å². The molecule has 2 heterocycles. The zero-order chi connectivity index (χ0) is 22.6. The van der Waals surface area contributed by atoms with E-state index in [1.54, 1.807) is 43.4 Å². The smallest absolute Gasteiger partial charge is 0.316 e. The second kappa shape index (κ2) is 8.86. The van der Waals surface area contributed by atoms with Crippen LogP contribution in [0.3, 0.4) is 0 Å². The highest BCUT2D eigenvalue weighted by atomic mass is 16.5. The number of amides is 3. The monoisotopic (exact) mass is 423 g/mol. The number of urea groups is 1. The molecule has 0 atom stereocenters. The summed E-state index contributed by atoms with van der Waals surface area (Å²) in [4.78, 5) is 29.5. The number of nitrogens with two attached hydrogens (primary N) is 1. The Morgan fingerprint density at radius 2 is 2.00 bits per heavy atom. The Kier molecular flexibility index (Phi) is 6.24. The van der Waals surface area contributed by atoms with Crippen LogP contribution in [-0.4, -0.2) is 29.1 Å². The fourth-order valence-electron chi connectivity index (χ4n) is 2.72. The summed E-state index contributed by atoms with van der Waals surface area (Å²) in [6.07, 6.45) is 2.37. The van der Waals surface area contributed by atoms with Gasteiger partial charge in [-0.25, -0.2) is 9.78 Å². The Hall–Kier alpha value is -3.88. The van der Waals surface area contributed by atoms with Crippen LogP contribution >= 0.6 is 0 Å². The van der Waals surface area contributed by atoms with Crippen molar-refractivity contribution in [2.45, 2.75) is 32.6 Å². The van der Waals surface area contributed by atoms with Crippen LogP contribution in [0.15, 0.2) is 53.2 Å². The molecule has 3 aromatic rings. The summed E-state index contributed by atoms with van der Waals surface area (Å²) in [5, 5.41) is 6.58. The van der Waals surface area contributed by atoms with Gasteiger partial charge in [-0.05, 0) is 24.6 Å². The van der Waals surface area contributed by atoms with Gasteiger partial charge >= 0.3 is 6.03 Å². The van der Waals surface area contributed by atoms with Crippen LogP contribution in [-0.2, 0) is 5.41 Å². The Bertz CT molecular complexity index is 1090. The van der Waals surface area contributed by atoms with E-state index >= 15 is 0 Å². The Morgan fingerprint density at radius 1 is 1.23 bits per heavy atom. The molecule has 0 radical (unpaired) electrons. The molecule has 2 aromatic heterocycles. The molecule has 9 heteroatoms. The molecule has 0 spiro atoms. The minimum absolute atomic E-state index is 0.152. The van der Waals surface area contributed by atoms with Gasteiger partial charge in [0.1, 0.15) is 5.75 Å². The number of carbonyl (C=O) groups excluding carboxylic acids is 2. The number of rotatable bonds is 7. The van der Waals surface area contributed by atoms with Gasteiger partial charge in [0.05, 0.1) is 5.69 Å². The topological polar surface area (TPSA) is 124 Å². The van der Waals surface area contributed by atoms with Crippen LogP contribution in [0, 0.1) is 0 Å². The third-order valence-corrected chi connectivity index (χ3v) is 5.02. The van der Waals surface area contributed by atoms with E-state index in [9.17, 15) is 9.59 Å². The van der Waals surface area contributed by atoms with Gasteiger partial charge in [-0.2, -0.15) is 0 Å². The number of pyridine rings is 1. The van der Waals surface area contributed by atoms with Crippen LogP contribution in [0.5, 0.6) is 11.6 Å². The number of aromatic nitrogens is 2. The molecule has 1 aromatic carbocycles. The van der Waals surface area contributed by atoms with E-state index < -0.39 is 6.03 Å². The van der Waals surface area contributed by atoms with E-state index in [2.05, 4.69) is 36.2 Å². The van der Waals surface area contributed by atoms with E-state index in [1.165, 1.54) is 17.2 Å². The van der Waals surface area contributed by atoms with Crippen LogP contribution in [0.25, 0.3) is 0 Å². The number of anilines is 2. The third-order valence-electron chi connectivity index (χ3n) is 5.02. The molecule has 0 saturated carbocycles. The first-order chi connectivity index (χ1) is 14.7. The molecule has 0 bridgehead atoms. The van der Waals surface area contributed by atoms with Crippen molar-refractivity contribution in [3.8, 4) is 11.6 Å².